The zero-order valence-electron chi connectivity index (χ0n) is 13.8. The first kappa shape index (κ1) is 17.4. The standard InChI is InChI=1S/C14H27N5O2/c1-10(2)12(16-13(20)21-14(3,4)5)8-15-7-11-9-19(6)18-17-11/h9-10,12,15H,7-8H2,1-6H3,(H,16,20). The average Bonchev–Trinajstić information content (AvgIpc) is 2.71. The predicted molar refractivity (Wildman–Crippen MR) is 80.7 cm³/mol. The Balaban J connectivity index is 2.41. The smallest absolute Gasteiger partial charge is 0.407 e. The molecule has 0 aliphatic heterocycles. The van der Waals surface area contributed by atoms with E-state index in [1.54, 1.807) is 4.68 Å². The highest BCUT2D eigenvalue weighted by Crippen LogP contribution is 2.08. The van der Waals surface area contributed by atoms with Gasteiger partial charge in [0, 0.05) is 32.4 Å². The van der Waals surface area contributed by atoms with Crippen LogP contribution in [0.5, 0.6) is 0 Å². The monoisotopic (exact) mass is 297 g/mol. The van der Waals surface area contributed by atoms with Crippen molar-refractivity contribution in [3.63, 3.8) is 0 Å². The molecule has 1 rings (SSSR count). The van der Waals surface area contributed by atoms with Crippen LogP contribution >= 0.6 is 0 Å². The third-order valence-corrected chi connectivity index (χ3v) is 2.83. The molecule has 1 amide bonds. The normalized spacial score (nSPS) is 13.3. The lowest BCUT2D eigenvalue weighted by molar-refractivity contribution is 0.0490. The summed E-state index contributed by atoms with van der Waals surface area (Å²) in [4.78, 5) is 11.8. The summed E-state index contributed by atoms with van der Waals surface area (Å²) in [6, 6.07) is -0.00322. The summed E-state index contributed by atoms with van der Waals surface area (Å²) in [5.41, 5.74) is 0.385. The number of hydrogen-bond acceptors (Lipinski definition) is 5. The van der Waals surface area contributed by atoms with E-state index in [4.69, 9.17) is 4.74 Å². The van der Waals surface area contributed by atoms with E-state index < -0.39 is 5.60 Å². The minimum Gasteiger partial charge on any atom is -0.444 e. The number of nitrogens with zero attached hydrogens (tertiary/aromatic N) is 3. The SMILES string of the molecule is CC(C)C(CNCc1cn(C)nn1)NC(=O)OC(C)(C)C. The molecule has 0 spiro atoms. The minimum atomic E-state index is -0.487. The van der Waals surface area contributed by atoms with E-state index in [9.17, 15) is 4.79 Å². The van der Waals surface area contributed by atoms with Crippen LogP contribution < -0.4 is 10.6 Å². The van der Waals surface area contributed by atoms with Gasteiger partial charge in [0.15, 0.2) is 0 Å². The van der Waals surface area contributed by atoms with E-state index >= 15 is 0 Å². The topological polar surface area (TPSA) is 81.1 Å². The minimum absolute atomic E-state index is 0.00322. The fraction of sp³-hybridized carbons (Fsp3) is 0.786. The van der Waals surface area contributed by atoms with E-state index in [1.165, 1.54) is 0 Å². The molecule has 0 aliphatic carbocycles. The second-order valence-corrected chi connectivity index (χ2v) is 6.51. The summed E-state index contributed by atoms with van der Waals surface area (Å²) in [6.07, 6.45) is 1.47. The highest BCUT2D eigenvalue weighted by atomic mass is 16.6. The van der Waals surface area contributed by atoms with Crippen molar-refractivity contribution in [2.24, 2.45) is 13.0 Å². The lowest BCUT2D eigenvalue weighted by Gasteiger charge is -2.26. The van der Waals surface area contributed by atoms with E-state index in [2.05, 4.69) is 34.8 Å². The van der Waals surface area contributed by atoms with Gasteiger partial charge in [-0.15, -0.1) is 5.10 Å². The molecular formula is C14H27N5O2. The Morgan fingerprint density at radius 2 is 2.10 bits per heavy atom. The molecule has 0 radical (unpaired) electrons. The first-order valence-corrected chi connectivity index (χ1v) is 7.23. The van der Waals surface area contributed by atoms with Gasteiger partial charge in [-0.05, 0) is 26.7 Å². The first-order valence-electron chi connectivity index (χ1n) is 7.23. The van der Waals surface area contributed by atoms with Crippen molar-refractivity contribution in [3.8, 4) is 0 Å². The van der Waals surface area contributed by atoms with E-state index in [-0.39, 0.29) is 12.1 Å². The third-order valence-electron chi connectivity index (χ3n) is 2.83. The number of hydrogen-bond donors (Lipinski definition) is 2. The van der Waals surface area contributed by atoms with Crippen molar-refractivity contribution < 1.29 is 9.53 Å². The maximum atomic E-state index is 11.8. The third kappa shape index (κ3) is 7.08. The molecule has 1 unspecified atom stereocenters. The van der Waals surface area contributed by atoms with Crippen LogP contribution in [-0.2, 0) is 18.3 Å². The molecule has 0 aliphatic rings. The second-order valence-electron chi connectivity index (χ2n) is 6.51. The lowest BCUT2D eigenvalue weighted by atomic mass is 10.0. The number of nitrogens with one attached hydrogen (secondary N) is 2. The summed E-state index contributed by atoms with van der Waals surface area (Å²) in [5, 5.41) is 14.1. The van der Waals surface area contributed by atoms with Gasteiger partial charge in [0.25, 0.3) is 0 Å². The van der Waals surface area contributed by atoms with E-state index in [0.29, 0.717) is 19.0 Å². The highest BCUT2D eigenvalue weighted by Gasteiger charge is 2.21. The number of ether oxygens (including phenoxy) is 1. The Morgan fingerprint density at radius 3 is 2.57 bits per heavy atom. The average molecular weight is 297 g/mol. The Kier molecular flexibility index (Phi) is 6.14. The molecule has 1 atom stereocenters. The lowest BCUT2D eigenvalue weighted by Crippen LogP contribution is -2.46. The van der Waals surface area contributed by atoms with Crippen molar-refractivity contribution in [1.82, 2.24) is 25.6 Å². The number of rotatable bonds is 6. The number of carbonyl (C=O) groups is 1. The number of aromatic nitrogens is 3. The van der Waals surface area contributed by atoms with Crippen LogP contribution in [0.25, 0.3) is 0 Å². The Hall–Kier alpha value is -1.63. The summed E-state index contributed by atoms with van der Waals surface area (Å²) in [6.45, 7) is 10.9. The molecule has 0 bridgehead atoms. The first-order chi connectivity index (χ1) is 9.67. The van der Waals surface area contributed by atoms with Gasteiger partial charge in [0.2, 0.25) is 0 Å². The number of amides is 1. The number of carbonyl (C=O) groups excluding carboxylic acids is 1. The van der Waals surface area contributed by atoms with Gasteiger partial charge in [-0.2, -0.15) is 0 Å². The molecular weight excluding hydrogens is 270 g/mol. The Bertz CT molecular complexity index is 450. The van der Waals surface area contributed by atoms with E-state index in [1.807, 2.05) is 34.0 Å². The molecule has 21 heavy (non-hydrogen) atoms. The molecule has 120 valence electrons. The highest BCUT2D eigenvalue weighted by molar-refractivity contribution is 5.68. The van der Waals surface area contributed by atoms with Gasteiger partial charge in [-0.25, -0.2) is 4.79 Å². The molecule has 2 N–H and O–H groups in total. The van der Waals surface area contributed by atoms with Gasteiger partial charge >= 0.3 is 6.09 Å². The molecule has 7 heteroatoms. The zero-order valence-corrected chi connectivity index (χ0v) is 13.8. The Morgan fingerprint density at radius 1 is 1.43 bits per heavy atom. The van der Waals surface area contributed by atoms with Crippen LogP contribution in [0.3, 0.4) is 0 Å². The predicted octanol–water partition coefficient (Wildman–Crippen LogP) is 1.45. The van der Waals surface area contributed by atoms with Crippen molar-refractivity contribution >= 4 is 6.09 Å². The van der Waals surface area contributed by atoms with Crippen LogP contribution in [-0.4, -0.2) is 39.3 Å². The van der Waals surface area contributed by atoms with Crippen molar-refractivity contribution in [2.45, 2.75) is 52.8 Å². The van der Waals surface area contributed by atoms with Crippen LogP contribution in [0.15, 0.2) is 6.20 Å². The van der Waals surface area contributed by atoms with Gasteiger partial charge in [-0.1, -0.05) is 19.1 Å². The fourth-order valence-corrected chi connectivity index (χ4v) is 1.74. The van der Waals surface area contributed by atoms with Crippen molar-refractivity contribution in [3.05, 3.63) is 11.9 Å². The maximum Gasteiger partial charge on any atom is 0.407 e. The van der Waals surface area contributed by atoms with Crippen LogP contribution in [0.4, 0.5) is 4.79 Å². The van der Waals surface area contributed by atoms with Crippen LogP contribution in [0.2, 0.25) is 0 Å². The number of alkyl carbamates (subject to hydrolysis) is 1. The molecule has 1 heterocycles. The largest absolute Gasteiger partial charge is 0.444 e. The van der Waals surface area contributed by atoms with Gasteiger partial charge in [-0.3, -0.25) is 4.68 Å². The van der Waals surface area contributed by atoms with Gasteiger partial charge in [0.1, 0.15) is 5.60 Å². The molecule has 1 aromatic rings. The molecule has 0 fully saturated rings. The van der Waals surface area contributed by atoms with Crippen LogP contribution in [0.1, 0.15) is 40.3 Å². The molecule has 0 saturated heterocycles. The molecule has 0 saturated carbocycles. The summed E-state index contributed by atoms with van der Waals surface area (Å²) in [5.74, 6) is 0.298. The zero-order chi connectivity index (χ0) is 16.0. The van der Waals surface area contributed by atoms with Crippen molar-refractivity contribution in [2.75, 3.05) is 6.54 Å². The summed E-state index contributed by atoms with van der Waals surface area (Å²) < 4.78 is 6.95. The molecule has 1 aromatic heterocycles. The fourth-order valence-electron chi connectivity index (χ4n) is 1.74. The van der Waals surface area contributed by atoms with Gasteiger partial charge in [0.05, 0.1) is 5.69 Å². The quantitative estimate of drug-likeness (QED) is 0.830. The summed E-state index contributed by atoms with van der Waals surface area (Å²) >= 11 is 0. The van der Waals surface area contributed by atoms with Gasteiger partial charge < -0.3 is 15.4 Å². The van der Waals surface area contributed by atoms with Crippen molar-refractivity contribution in [1.29, 1.82) is 0 Å². The summed E-state index contributed by atoms with van der Waals surface area (Å²) in [7, 11) is 1.83. The van der Waals surface area contributed by atoms with E-state index in [0.717, 1.165) is 5.69 Å². The van der Waals surface area contributed by atoms with Crippen LogP contribution in [0, 0.1) is 5.92 Å². The Labute approximate surface area is 126 Å². The second kappa shape index (κ2) is 7.40. The molecule has 0 aromatic carbocycles. The maximum absolute atomic E-state index is 11.8. The number of aryl methyl sites for hydroxylation is 1. The molecule has 7 nitrogen and oxygen atoms in total.